The van der Waals surface area contributed by atoms with Gasteiger partial charge >= 0.3 is 5.97 Å². The molecule has 1 heterocycles. The monoisotopic (exact) mass is 248 g/mol. The number of carboxylic acid groups (broad SMARTS) is 1. The molecule has 18 heavy (non-hydrogen) atoms. The molecule has 1 saturated heterocycles. The number of carboxylic acids is 1. The molecular formula is C12H12N2O4. The number of nitrogens with zero attached hydrogens (tertiary/aromatic N) is 2. The Morgan fingerprint density at radius 1 is 1.22 bits per heavy atom. The summed E-state index contributed by atoms with van der Waals surface area (Å²) in [7, 11) is 1.67. The van der Waals surface area contributed by atoms with Gasteiger partial charge in [0.25, 0.3) is 5.78 Å². The SMILES string of the molecule is CN1C(=O)CCN1c1ccc(C(=O)C(=O)O)cc1. The topological polar surface area (TPSA) is 77.9 Å². The lowest BCUT2D eigenvalue weighted by Gasteiger charge is -2.26. The fourth-order valence-corrected chi connectivity index (χ4v) is 1.86. The average molecular weight is 248 g/mol. The van der Waals surface area contributed by atoms with Crippen molar-refractivity contribution in [1.82, 2.24) is 5.01 Å². The highest BCUT2D eigenvalue weighted by molar-refractivity contribution is 6.39. The van der Waals surface area contributed by atoms with Crippen LogP contribution in [0.4, 0.5) is 5.69 Å². The number of ketones is 1. The van der Waals surface area contributed by atoms with Crippen LogP contribution in [-0.2, 0) is 9.59 Å². The van der Waals surface area contributed by atoms with Gasteiger partial charge in [0.05, 0.1) is 5.69 Å². The van der Waals surface area contributed by atoms with E-state index in [9.17, 15) is 14.4 Å². The van der Waals surface area contributed by atoms with Crippen molar-refractivity contribution in [1.29, 1.82) is 0 Å². The van der Waals surface area contributed by atoms with Gasteiger partial charge in [0.2, 0.25) is 5.91 Å². The molecule has 1 aliphatic rings. The summed E-state index contributed by atoms with van der Waals surface area (Å²) in [6, 6.07) is 6.15. The molecule has 1 fully saturated rings. The molecule has 1 amide bonds. The fraction of sp³-hybridized carbons (Fsp3) is 0.250. The molecule has 1 N–H and O–H groups in total. The van der Waals surface area contributed by atoms with Crippen molar-refractivity contribution in [2.75, 3.05) is 18.6 Å². The molecule has 1 aliphatic heterocycles. The molecule has 6 heteroatoms. The number of benzene rings is 1. The molecule has 0 radical (unpaired) electrons. The molecule has 0 unspecified atom stereocenters. The highest BCUT2D eigenvalue weighted by Gasteiger charge is 2.25. The Labute approximate surface area is 103 Å². The lowest BCUT2D eigenvalue weighted by molar-refractivity contribution is -0.131. The molecular weight excluding hydrogens is 236 g/mol. The van der Waals surface area contributed by atoms with E-state index in [0.717, 1.165) is 5.69 Å². The second-order valence-electron chi connectivity index (χ2n) is 3.97. The van der Waals surface area contributed by atoms with Gasteiger partial charge in [-0.1, -0.05) is 0 Å². The minimum atomic E-state index is -1.48. The Balaban J connectivity index is 2.20. The first-order valence-electron chi connectivity index (χ1n) is 5.42. The van der Waals surface area contributed by atoms with E-state index in [1.807, 2.05) is 0 Å². The molecule has 0 aromatic heterocycles. The van der Waals surface area contributed by atoms with E-state index < -0.39 is 11.8 Å². The van der Waals surface area contributed by atoms with Crippen molar-refractivity contribution >= 4 is 23.3 Å². The maximum atomic E-state index is 11.4. The number of rotatable bonds is 3. The quantitative estimate of drug-likeness (QED) is 0.624. The van der Waals surface area contributed by atoms with Crippen LogP contribution >= 0.6 is 0 Å². The third-order valence-electron chi connectivity index (χ3n) is 2.88. The van der Waals surface area contributed by atoms with E-state index in [4.69, 9.17) is 5.11 Å². The van der Waals surface area contributed by atoms with Gasteiger partial charge in [-0.05, 0) is 24.3 Å². The van der Waals surface area contributed by atoms with Crippen LogP contribution in [0, 0.1) is 0 Å². The number of carbonyl (C=O) groups is 3. The minimum Gasteiger partial charge on any atom is -0.475 e. The highest BCUT2D eigenvalue weighted by Crippen LogP contribution is 2.21. The first-order chi connectivity index (χ1) is 8.50. The van der Waals surface area contributed by atoms with Crippen molar-refractivity contribution < 1.29 is 19.5 Å². The van der Waals surface area contributed by atoms with Crippen LogP contribution in [0.3, 0.4) is 0 Å². The van der Waals surface area contributed by atoms with Gasteiger partial charge < -0.3 is 5.11 Å². The van der Waals surface area contributed by atoms with Crippen LogP contribution in [0.15, 0.2) is 24.3 Å². The van der Waals surface area contributed by atoms with Gasteiger partial charge in [0, 0.05) is 25.6 Å². The molecule has 2 rings (SSSR count). The molecule has 6 nitrogen and oxygen atoms in total. The summed E-state index contributed by atoms with van der Waals surface area (Å²) in [4.78, 5) is 33.1. The smallest absolute Gasteiger partial charge is 0.377 e. The number of Topliss-reactive ketones (excluding diaryl/α,β-unsaturated/α-hetero) is 1. The predicted molar refractivity (Wildman–Crippen MR) is 63.1 cm³/mol. The van der Waals surface area contributed by atoms with Gasteiger partial charge in [-0.15, -0.1) is 0 Å². The third-order valence-corrected chi connectivity index (χ3v) is 2.88. The molecule has 0 saturated carbocycles. The molecule has 0 aliphatic carbocycles. The molecule has 0 bridgehead atoms. The van der Waals surface area contributed by atoms with Crippen molar-refractivity contribution in [3.8, 4) is 0 Å². The highest BCUT2D eigenvalue weighted by atomic mass is 16.4. The van der Waals surface area contributed by atoms with Gasteiger partial charge in [-0.2, -0.15) is 0 Å². The van der Waals surface area contributed by atoms with E-state index in [0.29, 0.717) is 13.0 Å². The summed E-state index contributed by atoms with van der Waals surface area (Å²) < 4.78 is 0. The number of hydrogen-bond acceptors (Lipinski definition) is 4. The minimum absolute atomic E-state index is 0.0284. The molecule has 0 spiro atoms. The average Bonchev–Trinajstić information content (AvgIpc) is 2.69. The number of anilines is 1. The Morgan fingerprint density at radius 3 is 2.28 bits per heavy atom. The first kappa shape index (κ1) is 12.1. The number of aliphatic carboxylic acids is 1. The van der Waals surface area contributed by atoms with Crippen molar-refractivity contribution in [3.63, 3.8) is 0 Å². The number of amides is 1. The maximum absolute atomic E-state index is 11.4. The molecule has 1 aromatic rings. The number of hydrazine groups is 1. The largest absolute Gasteiger partial charge is 0.475 e. The normalized spacial score (nSPS) is 15.1. The Kier molecular flexibility index (Phi) is 3.01. The maximum Gasteiger partial charge on any atom is 0.377 e. The van der Waals surface area contributed by atoms with Crippen LogP contribution < -0.4 is 5.01 Å². The van der Waals surface area contributed by atoms with Gasteiger partial charge in [-0.3, -0.25) is 19.6 Å². The third kappa shape index (κ3) is 2.04. The molecule has 0 atom stereocenters. The van der Waals surface area contributed by atoms with Gasteiger partial charge in [0.1, 0.15) is 0 Å². The van der Waals surface area contributed by atoms with E-state index in [1.165, 1.54) is 17.1 Å². The molecule has 1 aromatic carbocycles. The fourth-order valence-electron chi connectivity index (χ4n) is 1.86. The lowest BCUT2D eigenvalue weighted by atomic mass is 10.1. The summed E-state index contributed by atoms with van der Waals surface area (Å²) in [5.41, 5.74) is 0.879. The second kappa shape index (κ2) is 4.48. The van der Waals surface area contributed by atoms with Crippen LogP contribution in [0.5, 0.6) is 0 Å². The van der Waals surface area contributed by atoms with Crippen LogP contribution in [0.25, 0.3) is 0 Å². The summed E-state index contributed by atoms with van der Waals surface area (Å²) >= 11 is 0. The Hall–Kier alpha value is -2.37. The van der Waals surface area contributed by atoms with Crippen molar-refractivity contribution in [2.45, 2.75) is 6.42 Å². The Bertz CT molecular complexity index is 509. The summed E-state index contributed by atoms with van der Waals surface area (Å²) in [5, 5.41) is 11.9. The van der Waals surface area contributed by atoms with E-state index in [-0.39, 0.29) is 11.5 Å². The second-order valence-corrected chi connectivity index (χ2v) is 3.97. The molecule has 94 valence electrons. The van der Waals surface area contributed by atoms with Crippen LogP contribution in [-0.4, -0.2) is 41.4 Å². The van der Waals surface area contributed by atoms with Crippen LogP contribution in [0.1, 0.15) is 16.8 Å². The van der Waals surface area contributed by atoms with E-state index >= 15 is 0 Å². The number of hydrogen-bond donors (Lipinski definition) is 1. The summed E-state index contributed by atoms with van der Waals surface area (Å²) in [6.45, 7) is 0.585. The standard InChI is InChI=1S/C12H12N2O4/c1-13-10(15)6-7-14(13)9-4-2-8(3-5-9)11(16)12(17)18/h2-5H,6-7H2,1H3,(H,17,18). The van der Waals surface area contributed by atoms with Crippen molar-refractivity contribution in [2.24, 2.45) is 0 Å². The van der Waals surface area contributed by atoms with E-state index in [2.05, 4.69) is 0 Å². The van der Waals surface area contributed by atoms with E-state index in [1.54, 1.807) is 24.2 Å². The first-order valence-corrected chi connectivity index (χ1v) is 5.42. The Morgan fingerprint density at radius 2 is 1.83 bits per heavy atom. The van der Waals surface area contributed by atoms with Gasteiger partial charge in [0.15, 0.2) is 0 Å². The summed E-state index contributed by atoms with van der Waals surface area (Å²) in [6.07, 6.45) is 0.451. The summed E-state index contributed by atoms with van der Waals surface area (Å²) in [5.74, 6) is -2.38. The zero-order valence-corrected chi connectivity index (χ0v) is 9.79. The zero-order chi connectivity index (χ0) is 13.3. The zero-order valence-electron chi connectivity index (χ0n) is 9.79. The lowest BCUT2D eigenvalue weighted by Crippen LogP contribution is -2.35. The van der Waals surface area contributed by atoms with Gasteiger partial charge in [-0.25, -0.2) is 4.79 Å². The predicted octanol–water partition coefficient (Wildman–Crippen LogP) is 0.537. The van der Waals surface area contributed by atoms with Crippen molar-refractivity contribution in [3.05, 3.63) is 29.8 Å². The number of carbonyl (C=O) groups excluding carboxylic acids is 2. The van der Waals surface area contributed by atoms with Crippen LogP contribution in [0.2, 0.25) is 0 Å².